The zero-order valence-electron chi connectivity index (χ0n) is 16.8. The monoisotopic (exact) mass is 408 g/mol. The molecule has 3 heterocycles. The molecule has 4 rings (SSSR count). The van der Waals surface area contributed by atoms with Crippen molar-refractivity contribution in [3.05, 3.63) is 99.7 Å². The number of benzene rings is 1. The van der Waals surface area contributed by atoms with Gasteiger partial charge in [-0.15, -0.1) is 0 Å². The van der Waals surface area contributed by atoms with Crippen LogP contribution in [0.3, 0.4) is 0 Å². The maximum atomic E-state index is 13.6. The van der Waals surface area contributed by atoms with Crippen molar-refractivity contribution >= 4 is 5.84 Å². The van der Waals surface area contributed by atoms with Gasteiger partial charge in [0, 0.05) is 36.1 Å². The summed E-state index contributed by atoms with van der Waals surface area (Å²) in [4.78, 5) is 20.7. The van der Waals surface area contributed by atoms with Gasteiger partial charge in [0.1, 0.15) is 17.2 Å². The van der Waals surface area contributed by atoms with Crippen LogP contribution in [0.1, 0.15) is 37.0 Å². The minimum absolute atomic E-state index is 0.0697. The zero-order valence-corrected chi connectivity index (χ0v) is 16.8. The maximum absolute atomic E-state index is 13.6. The van der Waals surface area contributed by atoms with Crippen molar-refractivity contribution in [3.8, 4) is 0 Å². The average Bonchev–Trinajstić information content (AvgIpc) is 3.09. The number of hydrogen-bond acceptors (Lipinski definition) is 4. The van der Waals surface area contributed by atoms with Crippen molar-refractivity contribution in [1.82, 2.24) is 14.9 Å². The predicted molar refractivity (Wildman–Crippen MR) is 112 cm³/mol. The van der Waals surface area contributed by atoms with E-state index < -0.39 is 11.5 Å². The van der Waals surface area contributed by atoms with Gasteiger partial charge in [0.15, 0.2) is 0 Å². The normalized spacial score (nSPS) is 20.7. The minimum Gasteiger partial charge on any atom is -0.354 e. The Morgan fingerprint density at radius 3 is 2.47 bits per heavy atom. The van der Waals surface area contributed by atoms with Crippen LogP contribution in [0.25, 0.3) is 0 Å². The third-order valence-corrected chi connectivity index (χ3v) is 5.47. The van der Waals surface area contributed by atoms with Crippen molar-refractivity contribution in [1.29, 1.82) is 0 Å². The van der Waals surface area contributed by atoms with Crippen molar-refractivity contribution in [2.24, 2.45) is 4.99 Å². The highest BCUT2D eigenvalue weighted by Crippen LogP contribution is 2.38. The van der Waals surface area contributed by atoms with E-state index in [-0.39, 0.29) is 17.4 Å². The molecule has 1 N–H and O–H groups in total. The van der Waals surface area contributed by atoms with Gasteiger partial charge in [0.2, 0.25) is 5.95 Å². The molecule has 0 fully saturated rings. The van der Waals surface area contributed by atoms with Crippen LogP contribution in [0.5, 0.6) is 0 Å². The zero-order chi connectivity index (χ0) is 21.3. The van der Waals surface area contributed by atoms with Crippen molar-refractivity contribution in [2.45, 2.75) is 38.4 Å². The number of hydrogen-bond donors (Lipinski definition) is 1. The summed E-state index contributed by atoms with van der Waals surface area (Å²) in [6.07, 6.45) is 4.09. The Morgan fingerprint density at radius 2 is 1.80 bits per heavy atom. The van der Waals surface area contributed by atoms with Crippen LogP contribution in [0.15, 0.2) is 70.7 Å². The lowest BCUT2D eigenvalue weighted by molar-refractivity contribution is 0.430. The van der Waals surface area contributed by atoms with Crippen LogP contribution >= 0.6 is 0 Å². The molecule has 0 spiro atoms. The Kier molecular flexibility index (Phi) is 5.20. The second-order valence-electron chi connectivity index (χ2n) is 7.41. The fraction of sp³-hybridized carbons (Fsp3) is 0.261. The number of nitrogens with one attached hydrogen (secondary N) is 1. The molecule has 0 amide bonds. The van der Waals surface area contributed by atoms with Gasteiger partial charge in [-0.2, -0.15) is 4.39 Å². The predicted octanol–water partition coefficient (Wildman–Crippen LogP) is 3.61. The molecule has 0 saturated carbocycles. The fourth-order valence-electron chi connectivity index (χ4n) is 3.96. The van der Waals surface area contributed by atoms with Crippen LogP contribution < -0.4 is 10.9 Å². The van der Waals surface area contributed by atoms with Gasteiger partial charge in [-0.25, -0.2) is 9.37 Å². The lowest BCUT2D eigenvalue weighted by atomic mass is 9.79. The number of amidine groups is 1. The summed E-state index contributed by atoms with van der Waals surface area (Å²) in [5.41, 5.74) is 1.35. The van der Waals surface area contributed by atoms with Crippen LogP contribution in [0.4, 0.5) is 8.78 Å². The van der Waals surface area contributed by atoms with Crippen molar-refractivity contribution in [3.63, 3.8) is 0 Å². The third-order valence-electron chi connectivity index (χ3n) is 5.47. The summed E-state index contributed by atoms with van der Waals surface area (Å²) in [7, 11) is 0. The molecule has 0 saturated heterocycles. The minimum atomic E-state index is -0.852. The molecular weight excluding hydrogens is 386 g/mol. The summed E-state index contributed by atoms with van der Waals surface area (Å²) >= 11 is 0. The van der Waals surface area contributed by atoms with Crippen LogP contribution in [-0.4, -0.2) is 21.4 Å². The van der Waals surface area contributed by atoms with E-state index in [1.807, 2.05) is 13.8 Å². The van der Waals surface area contributed by atoms with Crippen LogP contribution in [-0.2, 0) is 12.1 Å². The molecule has 0 radical (unpaired) electrons. The highest BCUT2D eigenvalue weighted by molar-refractivity contribution is 6.01. The Labute approximate surface area is 173 Å². The summed E-state index contributed by atoms with van der Waals surface area (Å²) in [6.45, 7) is 4.56. The van der Waals surface area contributed by atoms with E-state index in [1.54, 1.807) is 35.0 Å². The number of rotatable bonds is 5. The molecule has 0 bridgehead atoms. The van der Waals surface area contributed by atoms with Crippen LogP contribution in [0.2, 0.25) is 0 Å². The smallest absolute Gasteiger partial charge is 0.250 e. The molecule has 30 heavy (non-hydrogen) atoms. The Hall–Kier alpha value is -3.35. The topological polar surface area (TPSA) is 59.3 Å². The molecule has 2 aromatic heterocycles. The lowest BCUT2D eigenvalue weighted by Crippen LogP contribution is -2.48. The Morgan fingerprint density at radius 1 is 1.07 bits per heavy atom. The van der Waals surface area contributed by atoms with Gasteiger partial charge in [0.25, 0.3) is 5.56 Å². The van der Waals surface area contributed by atoms with Gasteiger partial charge >= 0.3 is 0 Å². The Balaban J connectivity index is 1.81. The average molecular weight is 408 g/mol. The summed E-state index contributed by atoms with van der Waals surface area (Å²) in [5, 5.41) is 3.48. The first-order valence-electron chi connectivity index (χ1n) is 9.89. The molecule has 2 unspecified atom stereocenters. The maximum Gasteiger partial charge on any atom is 0.250 e. The molecule has 3 aromatic rings. The quantitative estimate of drug-likeness (QED) is 0.656. The van der Waals surface area contributed by atoms with Gasteiger partial charge in [-0.1, -0.05) is 25.1 Å². The van der Waals surface area contributed by atoms with E-state index in [4.69, 9.17) is 4.99 Å². The van der Waals surface area contributed by atoms with Gasteiger partial charge in [-0.3, -0.25) is 9.79 Å². The van der Waals surface area contributed by atoms with E-state index in [0.29, 0.717) is 17.9 Å². The van der Waals surface area contributed by atoms with E-state index in [2.05, 4.69) is 10.3 Å². The van der Waals surface area contributed by atoms with Crippen LogP contribution in [0, 0.1) is 11.8 Å². The molecule has 1 aliphatic rings. The second kappa shape index (κ2) is 7.82. The highest BCUT2D eigenvalue weighted by atomic mass is 19.1. The fourth-order valence-corrected chi connectivity index (χ4v) is 3.96. The third kappa shape index (κ3) is 3.40. The summed E-state index contributed by atoms with van der Waals surface area (Å²) in [6, 6.07) is 12.1. The number of halogens is 2. The molecule has 2 atom stereocenters. The lowest BCUT2D eigenvalue weighted by Gasteiger charge is -2.34. The number of aryl methyl sites for hydroxylation is 1. The Bertz CT molecular complexity index is 1090. The molecule has 5 nitrogen and oxygen atoms in total. The number of nitrogens with zero attached hydrogens (tertiary/aromatic N) is 3. The first kappa shape index (κ1) is 19.9. The van der Waals surface area contributed by atoms with Gasteiger partial charge < -0.3 is 9.88 Å². The molecule has 0 aliphatic carbocycles. The van der Waals surface area contributed by atoms with E-state index in [1.165, 1.54) is 30.5 Å². The molecule has 1 aliphatic heterocycles. The highest BCUT2D eigenvalue weighted by Gasteiger charge is 2.45. The molecular formula is C23H22F2N4O. The number of aromatic nitrogens is 2. The van der Waals surface area contributed by atoms with E-state index in [9.17, 15) is 13.6 Å². The van der Waals surface area contributed by atoms with Crippen molar-refractivity contribution < 1.29 is 8.78 Å². The SMILES string of the molecule is CCCn1cc(C2=NC(C)C(c3ccc(F)cc3)(c3ccc(F)nc3)N2)ccc1=O. The van der Waals surface area contributed by atoms with E-state index in [0.717, 1.165) is 17.5 Å². The largest absolute Gasteiger partial charge is 0.354 e. The first-order valence-corrected chi connectivity index (χ1v) is 9.89. The molecule has 154 valence electrons. The summed E-state index contributed by atoms with van der Waals surface area (Å²) < 4.78 is 28.8. The standard InChI is InChI=1S/C23H22F2N4O/c1-3-12-29-14-16(4-11-21(29)30)22-27-15(2)23(28-22,17-5-8-19(24)9-6-17)18-7-10-20(25)26-13-18/h4-11,13-15H,3,12H2,1-2H3,(H,27,28). The number of aliphatic imine (C=N–C) groups is 1. The number of pyridine rings is 2. The second-order valence-corrected chi connectivity index (χ2v) is 7.41. The van der Waals surface area contributed by atoms with Gasteiger partial charge in [-0.05, 0) is 43.2 Å². The molecule has 7 heteroatoms. The summed E-state index contributed by atoms with van der Waals surface area (Å²) in [5.74, 6) is -0.308. The molecule has 1 aromatic carbocycles. The van der Waals surface area contributed by atoms with E-state index >= 15 is 0 Å². The first-order chi connectivity index (χ1) is 14.4. The van der Waals surface area contributed by atoms with Crippen molar-refractivity contribution in [2.75, 3.05) is 0 Å². The van der Waals surface area contributed by atoms with Gasteiger partial charge in [0.05, 0.1) is 6.04 Å².